The number of alkyl halides is 2. The number of nitrogens with zero attached hydrogens (tertiary/aromatic N) is 2. The number of rotatable bonds is 8. The van der Waals surface area contributed by atoms with E-state index >= 15 is 0 Å². The molecule has 11 heteroatoms. The van der Waals surface area contributed by atoms with E-state index in [1.807, 2.05) is 0 Å². The zero-order valence-corrected chi connectivity index (χ0v) is 16.5. The van der Waals surface area contributed by atoms with Gasteiger partial charge >= 0.3 is 5.85 Å². The van der Waals surface area contributed by atoms with Crippen LogP contribution in [0.5, 0.6) is 5.75 Å². The lowest BCUT2D eigenvalue weighted by molar-refractivity contribution is -0.0892. The molecule has 30 heavy (non-hydrogen) atoms. The number of benzene rings is 2. The molecule has 3 aromatic rings. The molecule has 2 unspecified atom stereocenters. The van der Waals surface area contributed by atoms with E-state index in [4.69, 9.17) is 4.52 Å². The van der Waals surface area contributed by atoms with E-state index in [2.05, 4.69) is 20.2 Å². The first-order chi connectivity index (χ1) is 14.2. The molecule has 1 aromatic heterocycles. The summed E-state index contributed by atoms with van der Waals surface area (Å²) in [6.45, 7) is -0.437. The number of hydrogen-bond donors (Lipinski definition) is 2. The van der Waals surface area contributed by atoms with Crippen LogP contribution in [0, 0.1) is 5.82 Å². The molecule has 2 atom stereocenters. The lowest BCUT2D eigenvalue weighted by Crippen LogP contribution is -2.39. The van der Waals surface area contributed by atoms with Crippen molar-refractivity contribution in [3.05, 3.63) is 65.8 Å². The Balaban J connectivity index is 1.65. The lowest BCUT2D eigenvalue weighted by Gasteiger charge is -2.14. The number of aliphatic hydroxyl groups is 1. The van der Waals surface area contributed by atoms with Crippen LogP contribution >= 0.6 is 9.24 Å². The molecular formula is C19H17F3N3O4P. The van der Waals surface area contributed by atoms with Crippen molar-refractivity contribution < 1.29 is 32.3 Å². The highest BCUT2D eigenvalue weighted by atomic mass is 31.0. The Morgan fingerprint density at radius 1 is 1.23 bits per heavy atom. The number of carbonyl (C=O) groups is 1. The summed E-state index contributed by atoms with van der Waals surface area (Å²) in [4.78, 5) is 16.3. The molecule has 0 aliphatic rings. The van der Waals surface area contributed by atoms with Crippen molar-refractivity contribution >= 4 is 15.1 Å². The number of aliphatic hydroxyl groups excluding tert-OH is 1. The third kappa shape index (κ3) is 5.77. The Kier molecular flexibility index (Phi) is 6.69. The van der Waals surface area contributed by atoms with Gasteiger partial charge in [0.15, 0.2) is 0 Å². The van der Waals surface area contributed by atoms with Gasteiger partial charge in [-0.25, -0.2) is 4.39 Å². The number of aromatic nitrogens is 2. The summed E-state index contributed by atoms with van der Waals surface area (Å²) in [5.41, 5.74) is 0.334. The topological polar surface area (TPSA) is 97.5 Å². The molecule has 0 radical (unpaired) electrons. The van der Waals surface area contributed by atoms with Gasteiger partial charge in [0.2, 0.25) is 11.7 Å². The molecule has 0 aliphatic heterocycles. The van der Waals surface area contributed by atoms with Gasteiger partial charge in [-0.05, 0) is 45.6 Å². The highest BCUT2D eigenvalue weighted by Crippen LogP contribution is 2.28. The van der Waals surface area contributed by atoms with Crippen LogP contribution in [-0.2, 0) is 6.42 Å². The van der Waals surface area contributed by atoms with Crippen LogP contribution in [0.2, 0.25) is 0 Å². The molecule has 0 saturated heterocycles. The van der Waals surface area contributed by atoms with Crippen molar-refractivity contribution in [1.82, 2.24) is 15.5 Å². The van der Waals surface area contributed by atoms with Crippen molar-refractivity contribution in [2.45, 2.75) is 18.3 Å². The molecule has 0 saturated carbocycles. The molecule has 0 aliphatic carbocycles. The third-order valence-corrected chi connectivity index (χ3v) is 4.05. The van der Waals surface area contributed by atoms with Crippen molar-refractivity contribution in [2.24, 2.45) is 0 Å². The fourth-order valence-corrected chi connectivity index (χ4v) is 2.70. The lowest BCUT2D eigenvalue weighted by atomic mass is 10.1. The molecule has 3 rings (SSSR count). The fourth-order valence-electron chi connectivity index (χ4n) is 2.56. The molecule has 0 bridgehead atoms. The second-order valence-electron chi connectivity index (χ2n) is 6.24. The summed E-state index contributed by atoms with van der Waals surface area (Å²) >= 11 is 0. The molecule has 2 N–H and O–H groups in total. The summed E-state index contributed by atoms with van der Waals surface area (Å²) in [6, 6.07) is 10.3. The van der Waals surface area contributed by atoms with Crippen molar-refractivity contribution in [3.63, 3.8) is 0 Å². The summed E-state index contributed by atoms with van der Waals surface area (Å²) in [5, 5.41) is 15.8. The van der Waals surface area contributed by atoms with Crippen LogP contribution in [0.3, 0.4) is 0 Å². The molecule has 0 fully saturated rings. The van der Waals surface area contributed by atoms with Gasteiger partial charge in [0.25, 0.3) is 5.91 Å². The summed E-state index contributed by atoms with van der Waals surface area (Å²) in [5.74, 6) is -4.49. The van der Waals surface area contributed by atoms with Gasteiger partial charge in [-0.15, -0.1) is 0 Å². The minimum absolute atomic E-state index is 0.00413. The largest absolute Gasteiger partial charge is 0.430 e. The van der Waals surface area contributed by atoms with Crippen LogP contribution in [0.25, 0.3) is 11.4 Å². The van der Waals surface area contributed by atoms with E-state index < -0.39 is 30.2 Å². The van der Waals surface area contributed by atoms with Crippen molar-refractivity contribution in [1.29, 1.82) is 0 Å². The quantitative estimate of drug-likeness (QED) is 0.524. The number of halogens is 3. The van der Waals surface area contributed by atoms with Crippen molar-refractivity contribution in [3.8, 4) is 17.1 Å². The average molecular weight is 439 g/mol. The molecule has 158 valence electrons. The normalized spacial score (nSPS) is 12.4. The predicted molar refractivity (Wildman–Crippen MR) is 103 cm³/mol. The van der Waals surface area contributed by atoms with E-state index in [1.165, 1.54) is 51.7 Å². The molecule has 1 amide bonds. The highest BCUT2D eigenvalue weighted by molar-refractivity contribution is 7.17. The first-order valence-corrected chi connectivity index (χ1v) is 9.28. The molecular weight excluding hydrogens is 422 g/mol. The van der Waals surface area contributed by atoms with Gasteiger partial charge in [0.1, 0.15) is 11.6 Å². The monoisotopic (exact) mass is 439 g/mol. The van der Waals surface area contributed by atoms with Gasteiger partial charge in [-0.3, -0.25) is 4.79 Å². The van der Waals surface area contributed by atoms with E-state index in [9.17, 15) is 23.1 Å². The fraction of sp³-hybridized carbons (Fsp3) is 0.211. The number of amides is 1. The zero-order chi connectivity index (χ0) is 21.7. The first-order valence-electron chi connectivity index (χ1n) is 8.70. The minimum Gasteiger partial charge on any atom is -0.430 e. The van der Waals surface area contributed by atoms with E-state index in [0.29, 0.717) is 5.56 Å². The van der Waals surface area contributed by atoms with Gasteiger partial charge in [-0.2, -0.15) is 13.8 Å². The predicted octanol–water partition coefficient (Wildman–Crippen LogP) is 3.01. The number of nitrogens with one attached hydrogen (secondary N) is 1. The Morgan fingerprint density at radius 2 is 1.93 bits per heavy atom. The second-order valence-corrected chi connectivity index (χ2v) is 6.91. The zero-order valence-electron chi connectivity index (χ0n) is 15.4. The van der Waals surface area contributed by atoms with Gasteiger partial charge < -0.3 is 19.7 Å². The van der Waals surface area contributed by atoms with Crippen LogP contribution in [0.1, 0.15) is 16.2 Å². The number of carbonyl (C=O) groups excluding carboxylic acids is 1. The van der Waals surface area contributed by atoms with Crippen LogP contribution in [0.4, 0.5) is 13.2 Å². The molecule has 7 nitrogen and oxygen atoms in total. The summed E-state index contributed by atoms with van der Waals surface area (Å²) in [7, 11) is 1.28. The first kappa shape index (κ1) is 21.7. The summed E-state index contributed by atoms with van der Waals surface area (Å²) in [6.07, 6.45) is 0.00413. The third-order valence-electron chi connectivity index (χ3n) is 3.93. The smallest absolute Gasteiger partial charge is 0.408 e. The van der Waals surface area contributed by atoms with Gasteiger partial charge in [0.05, 0.1) is 18.2 Å². The Labute approximate surface area is 171 Å². The van der Waals surface area contributed by atoms with Crippen LogP contribution in [-0.4, -0.2) is 39.7 Å². The number of hydrogen-bond acceptors (Lipinski definition) is 6. The van der Waals surface area contributed by atoms with Gasteiger partial charge in [-0.1, -0.05) is 17.3 Å². The number of ether oxygens (including phenoxy) is 1. The highest BCUT2D eigenvalue weighted by Gasteiger charge is 2.23. The second kappa shape index (κ2) is 9.23. The molecule has 0 spiro atoms. The Morgan fingerprint density at radius 3 is 2.57 bits per heavy atom. The average Bonchev–Trinajstić information content (AvgIpc) is 3.15. The minimum atomic E-state index is -3.38. The van der Waals surface area contributed by atoms with Gasteiger partial charge in [0, 0.05) is 12.0 Å². The maximum absolute atomic E-state index is 13.7. The molecule has 2 aromatic carbocycles. The molecule has 1 heterocycles. The SMILES string of the molecule is O=C(NC(CO)Cc1nc(-c2ccc(OC(F)(F)P)cc2)no1)c1ccccc1F. The standard InChI is InChI=1S/C19H17F3N3O4P/c20-15-4-2-1-3-14(15)18(27)23-12(10-26)9-16-24-17(25-29-16)11-5-7-13(8-6-11)28-19(21,22)30/h1-8,12,26H,9-10,30H2,(H,23,27). The van der Waals surface area contributed by atoms with Crippen LogP contribution < -0.4 is 10.1 Å². The van der Waals surface area contributed by atoms with E-state index in [-0.39, 0.29) is 29.4 Å². The van der Waals surface area contributed by atoms with E-state index in [1.54, 1.807) is 0 Å². The maximum Gasteiger partial charge on any atom is 0.408 e. The van der Waals surface area contributed by atoms with Crippen molar-refractivity contribution in [2.75, 3.05) is 6.61 Å². The Hall–Kier alpha value is -2.97. The summed E-state index contributed by atoms with van der Waals surface area (Å²) < 4.78 is 48.9. The van der Waals surface area contributed by atoms with Crippen LogP contribution in [0.15, 0.2) is 53.1 Å². The Bertz CT molecular complexity index is 1010. The van der Waals surface area contributed by atoms with E-state index in [0.717, 1.165) is 6.07 Å². The maximum atomic E-state index is 13.7.